The maximum atomic E-state index is 12.5. The van der Waals surface area contributed by atoms with Gasteiger partial charge >= 0.3 is 0 Å². The standard InChI is InChI=1S/C15H19NO2/c1-10(2)16(12-7-8-12)15(17)14-9-11-5-3-4-6-13(11)18-14/h3-6,10,12,14H,7-9H2,1-2H3. The highest BCUT2D eigenvalue weighted by Gasteiger charge is 2.40. The molecule has 1 heterocycles. The van der Waals surface area contributed by atoms with Crippen molar-refractivity contribution in [2.45, 2.75) is 51.3 Å². The highest BCUT2D eigenvalue weighted by molar-refractivity contribution is 5.83. The number of fused-ring (bicyclic) bond motifs is 1. The van der Waals surface area contributed by atoms with E-state index in [1.165, 1.54) is 0 Å². The molecule has 1 amide bonds. The molecule has 0 bridgehead atoms. The maximum Gasteiger partial charge on any atom is 0.264 e. The van der Waals surface area contributed by atoms with E-state index in [9.17, 15) is 4.79 Å². The van der Waals surface area contributed by atoms with Crippen LogP contribution in [0.15, 0.2) is 24.3 Å². The lowest BCUT2D eigenvalue weighted by Gasteiger charge is -2.29. The number of benzene rings is 1. The quantitative estimate of drug-likeness (QED) is 0.818. The van der Waals surface area contributed by atoms with E-state index in [2.05, 4.69) is 13.8 Å². The zero-order chi connectivity index (χ0) is 12.7. The maximum absolute atomic E-state index is 12.5. The Labute approximate surface area is 108 Å². The van der Waals surface area contributed by atoms with E-state index in [1.54, 1.807) is 0 Å². The van der Waals surface area contributed by atoms with Gasteiger partial charge in [0.15, 0.2) is 6.10 Å². The number of para-hydroxylation sites is 1. The Balaban J connectivity index is 1.75. The molecule has 0 aromatic heterocycles. The molecular formula is C15H19NO2. The zero-order valence-electron chi connectivity index (χ0n) is 10.9. The van der Waals surface area contributed by atoms with Crippen LogP contribution in [-0.2, 0) is 11.2 Å². The van der Waals surface area contributed by atoms with E-state index >= 15 is 0 Å². The van der Waals surface area contributed by atoms with E-state index in [1.807, 2.05) is 29.2 Å². The van der Waals surface area contributed by atoms with Gasteiger partial charge in [-0.2, -0.15) is 0 Å². The molecule has 0 spiro atoms. The summed E-state index contributed by atoms with van der Waals surface area (Å²) in [6.45, 7) is 4.16. The van der Waals surface area contributed by atoms with Gasteiger partial charge in [-0.15, -0.1) is 0 Å². The zero-order valence-corrected chi connectivity index (χ0v) is 10.9. The lowest BCUT2D eigenvalue weighted by molar-refractivity contribution is -0.140. The molecule has 1 aromatic rings. The summed E-state index contributed by atoms with van der Waals surface area (Å²) in [7, 11) is 0. The number of amides is 1. The molecule has 2 aliphatic rings. The normalized spacial score (nSPS) is 21.6. The number of carbonyl (C=O) groups excluding carboxylic acids is 1. The summed E-state index contributed by atoms with van der Waals surface area (Å²) in [6.07, 6.45) is 2.68. The average Bonchev–Trinajstić information content (AvgIpc) is 3.06. The molecule has 1 fully saturated rings. The first kappa shape index (κ1) is 11.6. The van der Waals surface area contributed by atoms with Gasteiger partial charge in [-0.25, -0.2) is 0 Å². The summed E-state index contributed by atoms with van der Waals surface area (Å²) in [6, 6.07) is 8.64. The van der Waals surface area contributed by atoms with E-state index in [0.29, 0.717) is 12.5 Å². The average molecular weight is 245 g/mol. The number of hydrogen-bond donors (Lipinski definition) is 0. The number of rotatable bonds is 3. The van der Waals surface area contributed by atoms with Crippen molar-refractivity contribution in [1.29, 1.82) is 0 Å². The molecule has 96 valence electrons. The van der Waals surface area contributed by atoms with Gasteiger partial charge in [0.05, 0.1) is 0 Å². The van der Waals surface area contributed by atoms with Crippen LogP contribution in [-0.4, -0.2) is 29.0 Å². The summed E-state index contributed by atoms with van der Waals surface area (Å²) in [5.41, 5.74) is 1.15. The van der Waals surface area contributed by atoms with E-state index < -0.39 is 0 Å². The van der Waals surface area contributed by atoms with Crippen LogP contribution in [0.25, 0.3) is 0 Å². The Morgan fingerprint density at radius 1 is 1.33 bits per heavy atom. The molecule has 3 heteroatoms. The fourth-order valence-electron chi connectivity index (χ4n) is 2.69. The minimum absolute atomic E-state index is 0.156. The summed E-state index contributed by atoms with van der Waals surface area (Å²) < 4.78 is 5.79. The molecule has 0 N–H and O–H groups in total. The number of carbonyl (C=O) groups is 1. The van der Waals surface area contributed by atoms with E-state index in [-0.39, 0.29) is 18.1 Å². The van der Waals surface area contributed by atoms with Gasteiger partial charge in [-0.3, -0.25) is 4.79 Å². The van der Waals surface area contributed by atoms with Crippen LogP contribution in [0.4, 0.5) is 0 Å². The van der Waals surface area contributed by atoms with Crippen LogP contribution in [0.2, 0.25) is 0 Å². The van der Waals surface area contributed by atoms with Gasteiger partial charge in [0.1, 0.15) is 5.75 Å². The second-order valence-electron chi connectivity index (χ2n) is 5.49. The largest absolute Gasteiger partial charge is 0.480 e. The Morgan fingerprint density at radius 3 is 2.67 bits per heavy atom. The first-order chi connectivity index (χ1) is 8.66. The van der Waals surface area contributed by atoms with Crippen molar-refractivity contribution in [3.8, 4) is 5.75 Å². The molecule has 3 rings (SSSR count). The van der Waals surface area contributed by atoms with Crippen LogP contribution >= 0.6 is 0 Å². The summed E-state index contributed by atoms with van der Waals surface area (Å²) in [5.74, 6) is 1.03. The van der Waals surface area contributed by atoms with E-state index in [0.717, 1.165) is 24.2 Å². The SMILES string of the molecule is CC(C)N(C(=O)C1Cc2ccccc2O1)C1CC1. The molecule has 1 aromatic carbocycles. The molecule has 1 unspecified atom stereocenters. The lowest BCUT2D eigenvalue weighted by atomic mass is 10.1. The smallest absolute Gasteiger partial charge is 0.264 e. The monoisotopic (exact) mass is 245 g/mol. The third-order valence-corrected chi connectivity index (χ3v) is 3.67. The minimum atomic E-state index is -0.314. The molecule has 1 aliphatic carbocycles. The van der Waals surface area contributed by atoms with Crippen LogP contribution in [0, 0.1) is 0 Å². The third kappa shape index (κ3) is 1.98. The molecule has 0 saturated heterocycles. The third-order valence-electron chi connectivity index (χ3n) is 3.67. The fourth-order valence-corrected chi connectivity index (χ4v) is 2.69. The van der Waals surface area contributed by atoms with Crippen LogP contribution in [0.1, 0.15) is 32.3 Å². The summed E-state index contributed by atoms with van der Waals surface area (Å²) >= 11 is 0. The first-order valence-electron chi connectivity index (χ1n) is 6.73. The lowest BCUT2D eigenvalue weighted by Crippen LogP contribution is -2.46. The molecular weight excluding hydrogens is 226 g/mol. The highest BCUT2D eigenvalue weighted by atomic mass is 16.5. The Hall–Kier alpha value is -1.51. The van der Waals surface area contributed by atoms with Gasteiger partial charge in [0, 0.05) is 18.5 Å². The van der Waals surface area contributed by atoms with Crippen molar-refractivity contribution in [3.05, 3.63) is 29.8 Å². The molecule has 0 radical (unpaired) electrons. The molecule has 3 nitrogen and oxygen atoms in total. The molecule has 1 saturated carbocycles. The first-order valence-corrected chi connectivity index (χ1v) is 6.73. The summed E-state index contributed by atoms with van der Waals surface area (Å²) in [5, 5.41) is 0. The number of nitrogens with zero attached hydrogens (tertiary/aromatic N) is 1. The summed E-state index contributed by atoms with van der Waals surface area (Å²) in [4.78, 5) is 14.5. The minimum Gasteiger partial charge on any atom is -0.480 e. The Morgan fingerprint density at radius 2 is 2.06 bits per heavy atom. The predicted octanol–water partition coefficient (Wildman–Crippen LogP) is 2.39. The Bertz CT molecular complexity index is 438. The second kappa shape index (κ2) is 4.30. The van der Waals surface area contributed by atoms with E-state index in [4.69, 9.17) is 4.74 Å². The van der Waals surface area contributed by atoms with Gasteiger partial charge in [-0.05, 0) is 38.3 Å². The second-order valence-corrected chi connectivity index (χ2v) is 5.49. The van der Waals surface area contributed by atoms with Crippen LogP contribution in [0.5, 0.6) is 5.75 Å². The van der Waals surface area contributed by atoms with Gasteiger partial charge < -0.3 is 9.64 Å². The number of hydrogen-bond acceptors (Lipinski definition) is 2. The van der Waals surface area contributed by atoms with Crippen LogP contribution in [0.3, 0.4) is 0 Å². The van der Waals surface area contributed by atoms with Crippen molar-refractivity contribution in [3.63, 3.8) is 0 Å². The highest BCUT2D eigenvalue weighted by Crippen LogP contribution is 2.33. The van der Waals surface area contributed by atoms with Crippen molar-refractivity contribution in [2.75, 3.05) is 0 Å². The number of ether oxygens (including phenoxy) is 1. The van der Waals surface area contributed by atoms with Gasteiger partial charge in [-0.1, -0.05) is 18.2 Å². The van der Waals surface area contributed by atoms with Gasteiger partial charge in [0.2, 0.25) is 0 Å². The van der Waals surface area contributed by atoms with Crippen molar-refractivity contribution < 1.29 is 9.53 Å². The molecule has 1 atom stereocenters. The molecule has 1 aliphatic heterocycles. The van der Waals surface area contributed by atoms with Gasteiger partial charge in [0.25, 0.3) is 5.91 Å². The van der Waals surface area contributed by atoms with Crippen molar-refractivity contribution >= 4 is 5.91 Å². The predicted molar refractivity (Wildman–Crippen MR) is 69.6 cm³/mol. The molecule has 18 heavy (non-hydrogen) atoms. The van der Waals surface area contributed by atoms with Crippen molar-refractivity contribution in [1.82, 2.24) is 4.90 Å². The van der Waals surface area contributed by atoms with Crippen LogP contribution < -0.4 is 4.74 Å². The topological polar surface area (TPSA) is 29.5 Å². The fraction of sp³-hybridized carbons (Fsp3) is 0.533. The van der Waals surface area contributed by atoms with Crippen molar-refractivity contribution in [2.24, 2.45) is 0 Å². The Kier molecular flexibility index (Phi) is 2.77.